The van der Waals surface area contributed by atoms with E-state index in [4.69, 9.17) is 4.74 Å². The van der Waals surface area contributed by atoms with Crippen molar-refractivity contribution in [1.29, 1.82) is 0 Å². The molecule has 0 radical (unpaired) electrons. The third-order valence-corrected chi connectivity index (χ3v) is 3.89. The van der Waals surface area contributed by atoms with Crippen LogP contribution >= 0.6 is 0 Å². The molecular formula is C12H26N2O. The third kappa shape index (κ3) is 2.92. The van der Waals surface area contributed by atoms with Crippen molar-refractivity contribution in [3.8, 4) is 0 Å². The van der Waals surface area contributed by atoms with Crippen molar-refractivity contribution in [2.45, 2.75) is 57.8 Å². The van der Waals surface area contributed by atoms with Gasteiger partial charge in [-0.25, -0.2) is 0 Å². The Morgan fingerprint density at radius 1 is 1.53 bits per heavy atom. The molecule has 0 aliphatic carbocycles. The van der Waals surface area contributed by atoms with Gasteiger partial charge in [0, 0.05) is 24.7 Å². The van der Waals surface area contributed by atoms with E-state index in [1.807, 2.05) is 7.05 Å². The van der Waals surface area contributed by atoms with Crippen LogP contribution in [-0.4, -0.2) is 49.8 Å². The first kappa shape index (κ1) is 12.9. The van der Waals surface area contributed by atoms with Gasteiger partial charge in [0.25, 0.3) is 0 Å². The SMILES string of the molecule is CCC(NC)C(C)N(C)C1CCOC1C. The van der Waals surface area contributed by atoms with Crippen LogP contribution in [0, 0.1) is 0 Å². The van der Waals surface area contributed by atoms with Crippen LogP contribution in [0.1, 0.15) is 33.6 Å². The normalized spacial score (nSPS) is 30.8. The van der Waals surface area contributed by atoms with Gasteiger partial charge in [-0.15, -0.1) is 0 Å². The Hall–Kier alpha value is -0.120. The highest BCUT2D eigenvalue weighted by atomic mass is 16.5. The van der Waals surface area contributed by atoms with Crippen molar-refractivity contribution in [2.24, 2.45) is 0 Å². The summed E-state index contributed by atoms with van der Waals surface area (Å²) in [5.74, 6) is 0. The van der Waals surface area contributed by atoms with E-state index in [0.29, 0.717) is 24.2 Å². The second-order valence-corrected chi connectivity index (χ2v) is 4.64. The highest BCUT2D eigenvalue weighted by Crippen LogP contribution is 2.21. The molecule has 0 saturated carbocycles. The molecule has 1 aliphatic heterocycles. The lowest BCUT2D eigenvalue weighted by atomic mass is 10.0. The van der Waals surface area contributed by atoms with E-state index in [9.17, 15) is 0 Å². The Morgan fingerprint density at radius 3 is 2.60 bits per heavy atom. The van der Waals surface area contributed by atoms with E-state index < -0.39 is 0 Å². The molecule has 4 unspecified atom stereocenters. The first-order valence-corrected chi connectivity index (χ1v) is 6.12. The summed E-state index contributed by atoms with van der Waals surface area (Å²) in [6.07, 6.45) is 2.72. The predicted octanol–water partition coefficient (Wildman–Crippen LogP) is 1.48. The molecule has 0 aromatic carbocycles. The highest BCUT2D eigenvalue weighted by molar-refractivity contribution is 4.87. The van der Waals surface area contributed by atoms with E-state index >= 15 is 0 Å². The Morgan fingerprint density at radius 2 is 2.20 bits per heavy atom. The first-order valence-electron chi connectivity index (χ1n) is 6.12. The molecule has 1 N–H and O–H groups in total. The van der Waals surface area contributed by atoms with Crippen LogP contribution in [0.3, 0.4) is 0 Å². The summed E-state index contributed by atoms with van der Waals surface area (Å²) in [6.45, 7) is 7.64. The van der Waals surface area contributed by atoms with Crippen LogP contribution in [0.25, 0.3) is 0 Å². The van der Waals surface area contributed by atoms with Gasteiger partial charge in [0.1, 0.15) is 0 Å². The van der Waals surface area contributed by atoms with Crippen molar-refractivity contribution in [2.75, 3.05) is 20.7 Å². The lowest BCUT2D eigenvalue weighted by Crippen LogP contribution is -2.51. The molecule has 1 rings (SSSR count). The number of likely N-dealkylation sites (N-methyl/N-ethyl adjacent to an activating group) is 2. The zero-order valence-electron chi connectivity index (χ0n) is 10.8. The number of nitrogens with one attached hydrogen (secondary N) is 1. The summed E-state index contributed by atoms with van der Waals surface area (Å²) in [6, 6.07) is 1.72. The van der Waals surface area contributed by atoms with Gasteiger partial charge in [0.2, 0.25) is 0 Å². The molecule has 1 fully saturated rings. The summed E-state index contributed by atoms with van der Waals surface area (Å²) in [5, 5.41) is 3.39. The van der Waals surface area contributed by atoms with Crippen molar-refractivity contribution in [3.63, 3.8) is 0 Å². The summed E-state index contributed by atoms with van der Waals surface area (Å²) >= 11 is 0. The zero-order chi connectivity index (χ0) is 11.4. The number of rotatable bonds is 5. The Balaban J connectivity index is 2.54. The lowest BCUT2D eigenvalue weighted by Gasteiger charge is -2.36. The fourth-order valence-corrected chi connectivity index (χ4v) is 2.63. The Kier molecular flexibility index (Phi) is 5.03. The maximum absolute atomic E-state index is 5.62. The van der Waals surface area contributed by atoms with Gasteiger partial charge in [-0.05, 0) is 40.8 Å². The van der Waals surface area contributed by atoms with Crippen LogP contribution in [0.5, 0.6) is 0 Å². The van der Waals surface area contributed by atoms with Crippen molar-refractivity contribution in [1.82, 2.24) is 10.2 Å². The second kappa shape index (κ2) is 5.83. The number of hydrogen-bond donors (Lipinski definition) is 1. The minimum Gasteiger partial charge on any atom is -0.377 e. The molecule has 0 amide bonds. The molecule has 0 spiro atoms. The predicted molar refractivity (Wildman–Crippen MR) is 64.2 cm³/mol. The third-order valence-electron chi connectivity index (χ3n) is 3.89. The number of hydrogen-bond acceptors (Lipinski definition) is 3. The van der Waals surface area contributed by atoms with E-state index in [2.05, 4.69) is 38.0 Å². The van der Waals surface area contributed by atoms with Crippen LogP contribution < -0.4 is 5.32 Å². The second-order valence-electron chi connectivity index (χ2n) is 4.64. The summed E-state index contributed by atoms with van der Waals surface area (Å²) in [7, 11) is 4.27. The van der Waals surface area contributed by atoms with Gasteiger partial charge in [0.05, 0.1) is 6.10 Å². The lowest BCUT2D eigenvalue weighted by molar-refractivity contribution is 0.0626. The standard InChI is InChI=1S/C12H26N2O/c1-6-11(13-4)9(2)14(5)12-7-8-15-10(12)3/h9-13H,6-8H2,1-5H3. The molecule has 0 aromatic heterocycles. The van der Waals surface area contributed by atoms with Gasteiger partial charge < -0.3 is 10.1 Å². The van der Waals surface area contributed by atoms with Gasteiger partial charge in [-0.2, -0.15) is 0 Å². The van der Waals surface area contributed by atoms with Crippen LogP contribution in [0.4, 0.5) is 0 Å². The molecule has 4 atom stereocenters. The number of nitrogens with zero attached hydrogens (tertiary/aromatic N) is 1. The maximum Gasteiger partial charge on any atom is 0.0703 e. The van der Waals surface area contributed by atoms with E-state index in [1.165, 1.54) is 12.8 Å². The molecule has 0 bridgehead atoms. The monoisotopic (exact) mass is 214 g/mol. The van der Waals surface area contributed by atoms with E-state index in [-0.39, 0.29) is 0 Å². The summed E-state index contributed by atoms with van der Waals surface area (Å²) in [4.78, 5) is 2.47. The molecule has 90 valence electrons. The van der Waals surface area contributed by atoms with Crippen molar-refractivity contribution in [3.05, 3.63) is 0 Å². The molecule has 1 aliphatic rings. The van der Waals surface area contributed by atoms with Gasteiger partial charge in [-0.3, -0.25) is 4.90 Å². The van der Waals surface area contributed by atoms with Gasteiger partial charge >= 0.3 is 0 Å². The summed E-state index contributed by atoms with van der Waals surface area (Å²) in [5.41, 5.74) is 0. The van der Waals surface area contributed by atoms with E-state index in [0.717, 1.165) is 6.61 Å². The minimum atomic E-state index is 0.381. The van der Waals surface area contributed by atoms with Crippen LogP contribution in [-0.2, 0) is 4.74 Å². The fraction of sp³-hybridized carbons (Fsp3) is 1.00. The number of ether oxygens (including phenoxy) is 1. The van der Waals surface area contributed by atoms with Gasteiger partial charge in [-0.1, -0.05) is 6.92 Å². The first-order chi connectivity index (χ1) is 7.11. The maximum atomic E-state index is 5.62. The molecule has 1 saturated heterocycles. The highest BCUT2D eigenvalue weighted by Gasteiger charge is 2.32. The molecular weight excluding hydrogens is 188 g/mol. The van der Waals surface area contributed by atoms with Gasteiger partial charge in [0.15, 0.2) is 0 Å². The van der Waals surface area contributed by atoms with Crippen molar-refractivity contribution < 1.29 is 4.74 Å². The minimum absolute atomic E-state index is 0.381. The quantitative estimate of drug-likeness (QED) is 0.750. The molecule has 3 heteroatoms. The van der Waals surface area contributed by atoms with E-state index in [1.54, 1.807) is 0 Å². The molecule has 0 aromatic rings. The average Bonchev–Trinajstić information content (AvgIpc) is 2.65. The zero-order valence-corrected chi connectivity index (χ0v) is 10.8. The Labute approximate surface area is 94.2 Å². The Bertz CT molecular complexity index is 182. The van der Waals surface area contributed by atoms with Crippen LogP contribution in [0.2, 0.25) is 0 Å². The largest absolute Gasteiger partial charge is 0.377 e. The molecule has 15 heavy (non-hydrogen) atoms. The average molecular weight is 214 g/mol. The molecule has 3 nitrogen and oxygen atoms in total. The summed E-state index contributed by atoms with van der Waals surface area (Å²) < 4.78 is 5.62. The fourth-order valence-electron chi connectivity index (χ4n) is 2.63. The van der Waals surface area contributed by atoms with Crippen LogP contribution in [0.15, 0.2) is 0 Å². The molecule has 1 heterocycles. The van der Waals surface area contributed by atoms with Crippen molar-refractivity contribution >= 4 is 0 Å². The smallest absolute Gasteiger partial charge is 0.0703 e. The topological polar surface area (TPSA) is 24.5 Å².